The van der Waals surface area contributed by atoms with Crippen molar-refractivity contribution in [1.29, 1.82) is 0 Å². The van der Waals surface area contributed by atoms with Gasteiger partial charge < -0.3 is 14.8 Å². The van der Waals surface area contributed by atoms with Crippen LogP contribution in [0, 0.1) is 0 Å². The minimum atomic E-state index is 0.0126. The lowest BCUT2D eigenvalue weighted by molar-refractivity contribution is -0.136. The van der Waals surface area contributed by atoms with Crippen LogP contribution in [0.2, 0.25) is 0 Å². The van der Waals surface area contributed by atoms with Crippen LogP contribution < -0.4 is 4.90 Å². The van der Waals surface area contributed by atoms with E-state index in [2.05, 4.69) is 74.2 Å². The predicted molar refractivity (Wildman–Crippen MR) is 123 cm³/mol. The number of aromatic nitrogens is 2. The quantitative estimate of drug-likeness (QED) is 0.708. The summed E-state index contributed by atoms with van der Waals surface area (Å²) >= 11 is 0. The number of fused-ring (bicyclic) bond motifs is 1. The van der Waals surface area contributed by atoms with Crippen molar-refractivity contribution in [2.45, 2.75) is 32.0 Å². The number of carbonyl (C=O) groups excluding carboxylic acids is 1. The Kier molecular flexibility index (Phi) is 5.47. The second-order valence-corrected chi connectivity index (χ2v) is 8.59. The van der Waals surface area contributed by atoms with Crippen LogP contribution in [0.25, 0.3) is 11.1 Å². The van der Waals surface area contributed by atoms with Gasteiger partial charge in [0.15, 0.2) is 0 Å². The fourth-order valence-corrected chi connectivity index (χ4v) is 4.84. The van der Waals surface area contributed by atoms with E-state index in [1.807, 2.05) is 12.3 Å². The number of hydrogen-bond acceptors (Lipinski definition) is 4. The highest BCUT2D eigenvalue weighted by Gasteiger charge is 2.33. The zero-order valence-corrected chi connectivity index (χ0v) is 18.0. The number of nitrogens with one attached hydrogen (secondary N) is 1. The molecule has 5 rings (SSSR count). The van der Waals surface area contributed by atoms with Crippen LogP contribution in [0.3, 0.4) is 0 Å². The molecule has 0 radical (unpaired) electrons. The minimum absolute atomic E-state index is 0.0126. The molecular weight excluding hydrogens is 386 g/mol. The number of aromatic amines is 1. The third kappa shape index (κ3) is 4.08. The number of benzene rings is 2. The fraction of sp³-hybridized carbons (Fsp3) is 0.360. The van der Waals surface area contributed by atoms with Crippen molar-refractivity contribution in [3.05, 3.63) is 72.3 Å². The Hall–Kier alpha value is -3.12. The molecule has 2 aromatic carbocycles. The van der Waals surface area contributed by atoms with Gasteiger partial charge >= 0.3 is 0 Å². The maximum atomic E-state index is 13.4. The third-order valence-electron chi connectivity index (χ3n) is 6.55. The van der Waals surface area contributed by atoms with E-state index >= 15 is 0 Å². The van der Waals surface area contributed by atoms with Crippen LogP contribution in [0.4, 0.5) is 5.69 Å². The highest BCUT2D eigenvalue weighted by molar-refractivity contribution is 5.83. The molecule has 1 amide bonds. The molecule has 1 N–H and O–H groups in total. The SMILES string of the molecule is CN1CCC[C@H]1C(=O)N1CCN(Cc2c[nH]cn2)c2ccc(-c3ccccc3)cc2C1. The van der Waals surface area contributed by atoms with Crippen LogP contribution >= 0.6 is 0 Å². The molecule has 6 nitrogen and oxygen atoms in total. The van der Waals surface area contributed by atoms with E-state index in [1.54, 1.807) is 6.33 Å². The van der Waals surface area contributed by atoms with Gasteiger partial charge in [-0.2, -0.15) is 0 Å². The van der Waals surface area contributed by atoms with Crippen LogP contribution in [-0.4, -0.2) is 58.4 Å². The third-order valence-corrected chi connectivity index (χ3v) is 6.55. The second-order valence-electron chi connectivity index (χ2n) is 8.59. The summed E-state index contributed by atoms with van der Waals surface area (Å²) in [6.07, 6.45) is 5.72. The Morgan fingerprint density at radius 2 is 1.97 bits per heavy atom. The number of likely N-dealkylation sites (tertiary alicyclic amines) is 1. The Bertz CT molecular complexity index is 1030. The summed E-state index contributed by atoms with van der Waals surface area (Å²) in [6.45, 7) is 3.91. The summed E-state index contributed by atoms with van der Waals surface area (Å²) in [4.78, 5) is 27.5. The zero-order valence-electron chi connectivity index (χ0n) is 18.0. The molecule has 1 aromatic heterocycles. The van der Waals surface area contributed by atoms with E-state index in [4.69, 9.17) is 0 Å². The molecule has 0 unspecified atom stereocenters. The highest BCUT2D eigenvalue weighted by Crippen LogP contribution is 2.32. The van der Waals surface area contributed by atoms with Crippen molar-refractivity contribution in [3.63, 3.8) is 0 Å². The van der Waals surface area contributed by atoms with E-state index in [-0.39, 0.29) is 11.9 Å². The van der Waals surface area contributed by atoms with E-state index in [0.717, 1.165) is 44.7 Å². The maximum Gasteiger partial charge on any atom is 0.240 e. The lowest BCUT2D eigenvalue weighted by Gasteiger charge is -2.28. The van der Waals surface area contributed by atoms with Crippen molar-refractivity contribution in [2.24, 2.45) is 0 Å². The molecule has 6 heteroatoms. The molecule has 2 aliphatic rings. The number of rotatable bonds is 4. The number of amides is 1. The first kappa shape index (κ1) is 19.8. The largest absolute Gasteiger partial charge is 0.364 e. The van der Waals surface area contributed by atoms with Crippen molar-refractivity contribution >= 4 is 11.6 Å². The normalized spacial score (nSPS) is 19.3. The molecule has 3 aromatic rings. The molecule has 1 fully saturated rings. The van der Waals surface area contributed by atoms with Gasteiger partial charge in [-0.25, -0.2) is 4.98 Å². The average molecular weight is 416 g/mol. The van der Waals surface area contributed by atoms with E-state index < -0.39 is 0 Å². The molecule has 0 spiro atoms. The number of anilines is 1. The molecule has 160 valence electrons. The van der Waals surface area contributed by atoms with Gasteiger partial charge in [-0.05, 0) is 55.3 Å². The minimum Gasteiger partial charge on any atom is -0.364 e. The Labute approximate surface area is 183 Å². The highest BCUT2D eigenvalue weighted by atomic mass is 16.2. The summed E-state index contributed by atoms with van der Waals surface area (Å²) in [5.74, 6) is 0.262. The summed E-state index contributed by atoms with van der Waals surface area (Å²) < 4.78 is 0. The summed E-state index contributed by atoms with van der Waals surface area (Å²) in [7, 11) is 2.07. The van der Waals surface area contributed by atoms with Gasteiger partial charge in [0.1, 0.15) is 0 Å². The van der Waals surface area contributed by atoms with Crippen LogP contribution in [0.1, 0.15) is 24.1 Å². The average Bonchev–Trinajstić information content (AvgIpc) is 3.43. The number of H-pyrrole nitrogens is 1. The summed E-state index contributed by atoms with van der Waals surface area (Å²) in [5.41, 5.74) is 5.78. The van der Waals surface area contributed by atoms with Gasteiger partial charge in [0.05, 0.1) is 24.6 Å². The maximum absolute atomic E-state index is 13.4. The van der Waals surface area contributed by atoms with Crippen molar-refractivity contribution in [3.8, 4) is 11.1 Å². The Morgan fingerprint density at radius 1 is 1.10 bits per heavy atom. The first-order chi connectivity index (χ1) is 15.2. The lowest BCUT2D eigenvalue weighted by atomic mass is 10.0. The van der Waals surface area contributed by atoms with Crippen molar-refractivity contribution < 1.29 is 4.79 Å². The first-order valence-corrected chi connectivity index (χ1v) is 11.1. The fourth-order valence-electron chi connectivity index (χ4n) is 4.84. The number of nitrogens with zero attached hydrogens (tertiary/aromatic N) is 4. The van der Waals surface area contributed by atoms with Gasteiger partial charge in [0.25, 0.3) is 0 Å². The zero-order chi connectivity index (χ0) is 21.2. The second kappa shape index (κ2) is 8.55. The van der Waals surface area contributed by atoms with Crippen LogP contribution in [-0.2, 0) is 17.9 Å². The van der Waals surface area contributed by atoms with Gasteiger partial charge in [0.2, 0.25) is 5.91 Å². The first-order valence-electron chi connectivity index (χ1n) is 11.1. The number of carbonyl (C=O) groups is 1. The van der Waals surface area contributed by atoms with Gasteiger partial charge in [0, 0.05) is 31.5 Å². The molecule has 1 atom stereocenters. The summed E-state index contributed by atoms with van der Waals surface area (Å²) in [5, 5.41) is 0. The Balaban J connectivity index is 1.48. The smallest absolute Gasteiger partial charge is 0.240 e. The molecule has 0 bridgehead atoms. The molecule has 3 heterocycles. The number of imidazole rings is 1. The van der Waals surface area contributed by atoms with Crippen molar-refractivity contribution in [2.75, 3.05) is 31.6 Å². The van der Waals surface area contributed by atoms with E-state index in [1.165, 1.54) is 22.4 Å². The van der Waals surface area contributed by atoms with Gasteiger partial charge in [-0.3, -0.25) is 9.69 Å². The van der Waals surface area contributed by atoms with E-state index in [9.17, 15) is 4.79 Å². The van der Waals surface area contributed by atoms with E-state index in [0.29, 0.717) is 6.54 Å². The predicted octanol–water partition coefficient (Wildman–Crippen LogP) is 3.52. The lowest BCUT2D eigenvalue weighted by Crippen LogP contribution is -2.45. The number of hydrogen-bond donors (Lipinski definition) is 1. The monoisotopic (exact) mass is 415 g/mol. The molecule has 31 heavy (non-hydrogen) atoms. The molecule has 0 aliphatic carbocycles. The van der Waals surface area contributed by atoms with Crippen LogP contribution in [0.15, 0.2) is 61.1 Å². The number of likely N-dealkylation sites (N-methyl/N-ethyl adjacent to an activating group) is 1. The molecule has 2 aliphatic heterocycles. The molecular formula is C25H29N5O. The summed E-state index contributed by atoms with van der Waals surface area (Å²) in [6, 6.07) is 17.1. The Morgan fingerprint density at radius 3 is 2.71 bits per heavy atom. The molecule has 1 saturated heterocycles. The molecule has 0 saturated carbocycles. The standard InChI is InChI=1S/C25H29N5O/c1-28-11-5-8-24(28)25(31)30-13-12-29(17-22-15-26-18-27-22)23-10-9-20(14-21(23)16-30)19-6-3-2-4-7-19/h2-4,6-7,9-10,14-15,18,24H,5,8,11-13,16-17H2,1H3,(H,26,27)/t24-/m0/s1. The van der Waals surface area contributed by atoms with Crippen molar-refractivity contribution in [1.82, 2.24) is 19.8 Å². The topological polar surface area (TPSA) is 55.5 Å². The van der Waals surface area contributed by atoms with Gasteiger partial charge in [-0.1, -0.05) is 36.4 Å². The van der Waals surface area contributed by atoms with Crippen LogP contribution in [0.5, 0.6) is 0 Å². The van der Waals surface area contributed by atoms with Gasteiger partial charge in [-0.15, -0.1) is 0 Å².